The lowest BCUT2D eigenvalue weighted by Crippen LogP contribution is -1.99. The van der Waals surface area contributed by atoms with Crippen molar-refractivity contribution in [1.29, 1.82) is 0 Å². The van der Waals surface area contributed by atoms with Crippen LogP contribution in [0.5, 0.6) is 0 Å². The summed E-state index contributed by atoms with van der Waals surface area (Å²) in [7, 11) is 0. The van der Waals surface area contributed by atoms with E-state index in [0.717, 1.165) is 0 Å². The molecule has 0 saturated carbocycles. The van der Waals surface area contributed by atoms with Gasteiger partial charge in [-0.25, -0.2) is 14.2 Å². The topological polar surface area (TPSA) is 63.3 Å². The highest BCUT2D eigenvalue weighted by Gasteiger charge is 2.19. The van der Waals surface area contributed by atoms with Crippen molar-refractivity contribution in [3.8, 4) is 11.3 Å². The van der Waals surface area contributed by atoms with Crippen LogP contribution in [-0.2, 0) is 0 Å². The first kappa shape index (κ1) is 11.3. The molecule has 2 rings (SSSR count). The van der Waals surface area contributed by atoms with Gasteiger partial charge in [-0.2, -0.15) is 0 Å². The van der Waals surface area contributed by atoms with E-state index in [1.54, 1.807) is 19.9 Å². The Kier molecular flexibility index (Phi) is 2.67. The normalized spacial score (nSPS) is 10.5. The number of aromatic carboxylic acids is 1. The van der Waals surface area contributed by atoms with Gasteiger partial charge in [0.15, 0.2) is 17.3 Å². The van der Waals surface area contributed by atoms with Gasteiger partial charge in [0.25, 0.3) is 0 Å². The summed E-state index contributed by atoms with van der Waals surface area (Å²) in [6, 6.07) is 4.22. The van der Waals surface area contributed by atoms with Gasteiger partial charge >= 0.3 is 5.97 Å². The van der Waals surface area contributed by atoms with Crippen LogP contribution in [-0.4, -0.2) is 16.1 Å². The molecule has 1 N–H and O–H groups in total. The molecule has 0 bridgehead atoms. The van der Waals surface area contributed by atoms with Gasteiger partial charge in [0, 0.05) is 12.5 Å². The fourth-order valence-electron chi connectivity index (χ4n) is 1.64. The predicted molar refractivity (Wildman–Crippen MR) is 58.3 cm³/mol. The summed E-state index contributed by atoms with van der Waals surface area (Å²) >= 11 is 0. The second-order valence-electron chi connectivity index (χ2n) is 3.73. The molecule has 1 aromatic carbocycles. The SMILES string of the molecule is Cc1cc(F)cc(-c2oc(C)nc2C(=O)O)c1. The Morgan fingerprint density at radius 3 is 2.65 bits per heavy atom. The summed E-state index contributed by atoms with van der Waals surface area (Å²) in [4.78, 5) is 14.7. The van der Waals surface area contributed by atoms with E-state index >= 15 is 0 Å². The molecule has 0 radical (unpaired) electrons. The number of hydrogen-bond donors (Lipinski definition) is 1. The Hall–Kier alpha value is -2.17. The standard InChI is InChI=1S/C12H10FNO3/c1-6-3-8(5-9(13)4-6)11-10(12(15)16)14-7(2)17-11/h3-5H,1-2H3,(H,15,16). The smallest absolute Gasteiger partial charge is 0.358 e. The van der Waals surface area contributed by atoms with Crippen molar-refractivity contribution >= 4 is 5.97 Å². The molecular formula is C12H10FNO3. The summed E-state index contributed by atoms with van der Waals surface area (Å²) in [5.74, 6) is -1.32. The number of halogens is 1. The van der Waals surface area contributed by atoms with E-state index in [1.807, 2.05) is 0 Å². The van der Waals surface area contributed by atoms with Crippen LogP contribution in [0, 0.1) is 19.7 Å². The van der Waals surface area contributed by atoms with E-state index in [1.165, 1.54) is 12.1 Å². The van der Waals surface area contributed by atoms with Crippen LogP contribution in [0.1, 0.15) is 21.9 Å². The molecule has 1 heterocycles. The molecule has 0 atom stereocenters. The molecule has 0 aliphatic rings. The number of aryl methyl sites for hydroxylation is 2. The van der Waals surface area contributed by atoms with Gasteiger partial charge in [0.1, 0.15) is 5.82 Å². The first-order valence-electron chi connectivity index (χ1n) is 4.95. The number of benzene rings is 1. The Morgan fingerprint density at radius 1 is 1.35 bits per heavy atom. The zero-order valence-corrected chi connectivity index (χ0v) is 9.32. The highest BCUT2D eigenvalue weighted by atomic mass is 19.1. The largest absolute Gasteiger partial charge is 0.476 e. The van der Waals surface area contributed by atoms with Crippen molar-refractivity contribution < 1.29 is 18.7 Å². The van der Waals surface area contributed by atoms with Crippen LogP contribution in [0.15, 0.2) is 22.6 Å². The highest BCUT2D eigenvalue weighted by Crippen LogP contribution is 2.26. The third kappa shape index (κ3) is 2.18. The van der Waals surface area contributed by atoms with E-state index in [0.29, 0.717) is 11.1 Å². The van der Waals surface area contributed by atoms with Gasteiger partial charge in [0.2, 0.25) is 0 Å². The van der Waals surface area contributed by atoms with Crippen LogP contribution in [0.3, 0.4) is 0 Å². The zero-order chi connectivity index (χ0) is 12.6. The van der Waals surface area contributed by atoms with E-state index in [2.05, 4.69) is 4.98 Å². The van der Waals surface area contributed by atoms with Gasteiger partial charge in [0.05, 0.1) is 0 Å². The average molecular weight is 235 g/mol. The first-order chi connectivity index (χ1) is 7.97. The lowest BCUT2D eigenvalue weighted by Gasteiger charge is -2.00. The highest BCUT2D eigenvalue weighted by molar-refractivity contribution is 5.92. The van der Waals surface area contributed by atoms with Gasteiger partial charge < -0.3 is 9.52 Å². The molecule has 0 spiro atoms. The van der Waals surface area contributed by atoms with Crippen LogP contribution >= 0.6 is 0 Å². The second kappa shape index (κ2) is 4.01. The van der Waals surface area contributed by atoms with Crippen LogP contribution in [0.2, 0.25) is 0 Å². The molecule has 4 nitrogen and oxygen atoms in total. The summed E-state index contributed by atoms with van der Waals surface area (Å²) in [5.41, 5.74) is 0.860. The zero-order valence-electron chi connectivity index (χ0n) is 9.32. The molecule has 0 fully saturated rings. The maximum Gasteiger partial charge on any atom is 0.358 e. The molecular weight excluding hydrogens is 225 g/mol. The second-order valence-corrected chi connectivity index (χ2v) is 3.73. The van der Waals surface area contributed by atoms with Gasteiger partial charge in [-0.05, 0) is 30.7 Å². The molecule has 1 aromatic heterocycles. The molecule has 0 saturated heterocycles. The van der Waals surface area contributed by atoms with Crippen molar-refractivity contribution in [2.75, 3.05) is 0 Å². The van der Waals surface area contributed by atoms with Gasteiger partial charge in [-0.1, -0.05) is 0 Å². The molecule has 0 unspecified atom stereocenters. The molecule has 2 aromatic rings. The Labute approximate surface area is 96.7 Å². The first-order valence-corrected chi connectivity index (χ1v) is 4.95. The molecule has 5 heteroatoms. The third-order valence-electron chi connectivity index (χ3n) is 2.24. The average Bonchev–Trinajstić information content (AvgIpc) is 2.59. The Morgan fingerprint density at radius 2 is 2.06 bits per heavy atom. The molecule has 88 valence electrons. The number of oxazole rings is 1. The molecule has 0 aliphatic heterocycles. The summed E-state index contributed by atoms with van der Waals surface area (Å²) in [6.07, 6.45) is 0. The number of aromatic nitrogens is 1. The summed E-state index contributed by atoms with van der Waals surface area (Å²) in [5, 5.41) is 8.96. The number of hydrogen-bond acceptors (Lipinski definition) is 3. The summed E-state index contributed by atoms with van der Waals surface area (Å²) < 4.78 is 18.5. The lowest BCUT2D eigenvalue weighted by molar-refractivity contribution is 0.0691. The molecule has 17 heavy (non-hydrogen) atoms. The fraction of sp³-hybridized carbons (Fsp3) is 0.167. The van der Waals surface area contributed by atoms with Gasteiger partial charge in [-0.3, -0.25) is 0 Å². The number of carboxylic acid groups (broad SMARTS) is 1. The minimum atomic E-state index is -1.20. The number of carbonyl (C=O) groups is 1. The number of rotatable bonds is 2. The van der Waals surface area contributed by atoms with E-state index in [4.69, 9.17) is 9.52 Å². The minimum Gasteiger partial charge on any atom is -0.476 e. The number of carboxylic acids is 1. The lowest BCUT2D eigenvalue weighted by atomic mass is 10.1. The minimum absolute atomic E-state index is 0.0811. The summed E-state index contributed by atoms with van der Waals surface area (Å²) in [6.45, 7) is 3.26. The van der Waals surface area contributed by atoms with Crippen LogP contribution in [0.25, 0.3) is 11.3 Å². The maximum absolute atomic E-state index is 13.2. The quantitative estimate of drug-likeness (QED) is 0.869. The van der Waals surface area contributed by atoms with E-state index in [-0.39, 0.29) is 17.3 Å². The third-order valence-corrected chi connectivity index (χ3v) is 2.24. The van der Waals surface area contributed by atoms with Crippen molar-refractivity contribution in [2.45, 2.75) is 13.8 Å². The van der Waals surface area contributed by atoms with Crippen molar-refractivity contribution in [3.63, 3.8) is 0 Å². The molecule has 0 aliphatic carbocycles. The van der Waals surface area contributed by atoms with E-state index in [9.17, 15) is 9.18 Å². The monoisotopic (exact) mass is 235 g/mol. The predicted octanol–water partition coefficient (Wildman–Crippen LogP) is 2.80. The van der Waals surface area contributed by atoms with Crippen molar-refractivity contribution in [1.82, 2.24) is 4.98 Å². The van der Waals surface area contributed by atoms with Gasteiger partial charge in [-0.15, -0.1) is 0 Å². The van der Waals surface area contributed by atoms with Crippen LogP contribution in [0.4, 0.5) is 4.39 Å². The Bertz CT molecular complexity index is 569. The number of nitrogens with zero attached hydrogens (tertiary/aromatic N) is 1. The van der Waals surface area contributed by atoms with Crippen LogP contribution < -0.4 is 0 Å². The fourth-order valence-corrected chi connectivity index (χ4v) is 1.64. The Balaban J connectivity index is 2.63. The van der Waals surface area contributed by atoms with Crippen molar-refractivity contribution in [3.05, 3.63) is 41.2 Å². The maximum atomic E-state index is 13.2. The van der Waals surface area contributed by atoms with Crippen molar-refractivity contribution in [2.24, 2.45) is 0 Å². The molecule has 0 amide bonds. The van der Waals surface area contributed by atoms with E-state index < -0.39 is 11.8 Å².